The second-order valence-electron chi connectivity index (χ2n) is 6.42. The maximum Gasteiger partial charge on any atom is 0.146 e. The zero-order valence-corrected chi connectivity index (χ0v) is 13.3. The van der Waals surface area contributed by atoms with Gasteiger partial charge in [0.2, 0.25) is 0 Å². The lowest BCUT2D eigenvalue weighted by Crippen LogP contribution is -2.11. The van der Waals surface area contributed by atoms with Crippen LogP contribution in [0.2, 0.25) is 0 Å². The van der Waals surface area contributed by atoms with Crippen LogP contribution in [-0.2, 0) is 5.41 Å². The molecule has 0 aliphatic rings. The van der Waals surface area contributed by atoms with E-state index < -0.39 is 0 Å². The van der Waals surface area contributed by atoms with Crippen molar-refractivity contribution in [2.75, 3.05) is 0 Å². The van der Waals surface area contributed by atoms with Gasteiger partial charge in [0.05, 0.1) is 5.69 Å². The quantitative estimate of drug-likeness (QED) is 0.703. The number of nitrogens with zero attached hydrogens (tertiary/aromatic N) is 2. The van der Waals surface area contributed by atoms with E-state index in [9.17, 15) is 5.11 Å². The molecule has 0 radical (unpaired) electrons. The van der Waals surface area contributed by atoms with Crippen molar-refractivity contribution in [1.82, 2.24) is 0 Å². The lowest BCUT2D eigenvalue weighted by Gasteiger charge is -2.21. The summed E-state index contributed by atoms with van der Waals surface area (Å²) >= 11 is 0. The maximum atomic E-state index is 10.4. The number of phenolic OH excluding ortho intramolecular Hbond substituents is 1. The third kappa shape index (κ3) is 3.48. The molecular weight excluding hydrogens is 260 g/mol. The Morgan fingerprint density at radius 1 is 0.905 bits per heavy atom. The monoisotopic (exact) mass is 282 g/mol. The van der Waals surface area contributed by atoms with Gasteiger partial charge < -0.3 is 5.11 Å². The Morgan fingerprint density at radius 3 is 2.14 bits per heavy atom. The molecule has 0 aromatic heterocycles. The van der Waals surface area contributed by atoms with Crippen molar-refractivity contribution in [2.24, 2.45) is 10.2 Å². The average molecular weight is 282 g/mol. The minimum atomic E-state index is -0.136. The van der Waals surface area contributed by atoms with Crippen LogP contribution in [0.4, 0.5) is 11.4 Å². The fraction of sp³-hybridized carbons (Fsp3) is 0.333. The summed E-state index contributed by atoms with van der Waals surface area (Å²) < 4.78 is 0. The van der Waals surface area contributed by atoms with Crippen molar-refractivity contribution >= 4 is 11.4 Å². The van der Waals surface area contributed by atoms with E-state index >= 15 is 0 Å². The topological polar surface area (TPSA) is 45.0 Å². The van der Waals surface area contributed by atoms with Gasteiger partial charge in [0.1, 0.15) is 11.4 Å². The first-order valence-corrected chi connectivity index (χ1v) is 7.10. The Hall–Kier alpha value is -2.16. The smallest absolute Gasteiger partial charge is 0.146 e. The molecule has 0 fully saturated rings. The molecule has 0 heterocycles. The molecule has 0 bridgehead atoms. The molecule has 0 atom stereocenters. The van der Waals surface area contributed by atoms with Crippen LogP contribution in [0.25, 0.3) is 0 Å². The zero-order chi connectivity index (χ0) is 15.6. The van der Waals surface area contributed by atoms with E-state index in [1.165, 1.54) is 0 Å². The highest BCUT2D eigenvalue weighted by Crippen LogP contribution is 2.39. The highest BCUT2D eigenvalue weighted by Gasteiger charge is 2.20. The van der Waals surface area contributed by atoms with Crippen molar-refractivity contribution in [1.29, 1.82) is 0 Å². The summed E-state index contributed by atoms with van der Waals surface area (Å²) in [5, 5.41) is 19.0. The van der Waals surface area contributed by atoms with Gasteiger partial charge in [-0.2, -0.15) is 5.11 Å². The molecule has 2 aromatic rings. The fourth-order valence-electron chi connectivity index (χ4n) is 2.19. The standard InChI is InChI=1S/C18H22N2O/c1-12-10-14(18(3,4)5)17(21)16(11-12)20-19-15-9-7-6-8-13(15)2/h6-11,21H,1-5H3. The van der Waals surface area contributed by atoms with Crippen LogP contribution in [-0.4, -0.2) is 5.11 Å². The minimum absolute atomic E-state index is 0.136. The van der Waals surface area contributed by atoms with Gasteiger partial charge in [-0.1, -0.05) is 45.0 Å². The summed E-state index contributed by atoms with van der Waals surface area (Å²) in [4.78, 5) is 0. The number of benzene rings is 2. The Morgan fingerprint density at radius 2 is 1.52 bits per heavy atom. The molecule has 0 saturated heterocycles. The van der Waals surface area contributed by atoms with Crippen LogP contribution in [0.3, 0.4) is 0 Å². The Kier molecular flexibility index (Phi) is 4.12. The van der Waals surface area contributed by atoms with E-state index in [-0.39, 0.29) is 11.2 Å². The number of azo groups is 1. The van der Waals surface area contributed by atoms with Crippen molar-refractivity contribution in [3.05, 3.63) is 53.1 Å². The molecule has 0 spiro atoms. The molecule has 2 rings (SSSR count). The van der Waals surface area contributed by atoms with Crippen LogP contribution in [0.1, 0.15) is 37.5 Å². The molecule has 21 heavy (non-hydrogen) atoms. The van der Waals surface area contributed by atoms with Gasteiger partial charge in [0, 0.05) is 5.56 Å². The van der Waals surface area contributed by atoms with E-state index in [0.717, 1.165) is 22.4 Å². The van der Waals surface area contributed by atoms with E-state index in [1.807, 2.05) is 50.2 Å². The van der Waals surface area contributed by atoms with Gasteiger partial charge in [-0.05, 0) is 42.5 Å². The first-order valence-electron chi connectivity index (χ1n) is 7.10. The average Bonchev–Trinajstić information content (AvgIpc) is 2.39. The van der Waals surface area contributed by atoms with Crippen molar-refractivity contribution in [3.63, 3.8) is 0 Å². The summed E-state index contributed by atoms with van der Waals surface area (Å²) in [6.45, 7) is 10.2. The molecule has 0 amide bonds. The van der Waals surface area contributed by atoms with Crippen molar-refractivity contribution < 1.29 is 5.11 Å². The van der Waals surface area contributed by atoms with Crippen LogP contribution < -0.4 is 0 Å². The van der Waals surface area contributed by atoms with Crippen molar-refractivity contribution in [2.45, 2.75) is 40.0 Å². The van der Waals surface area contributed by atoms with Crippen LogP contribution in [0, 0.1) is 13.8 Å². The van der Waals surface area contributed by atoms with Gasteiger partial charge in [-0.3, -0.25) is 0 Å². The van der Waals surface area contributed by atoms with Gasteiger partial charge in [0.15, 0.2) is 0 Å². The summed E-state index contributed by atoms with van der Waals surface area (Å²) in [6.07, 6.45) is 0. The van der Waals surface area contributed by atoms with Crippen LogP contribution in [0.5, 0.6) is 5.75 Å². The maximum absolute atomic E-state index is 10.4. The zero-order valence-electron chi connectivity index (χ0n) is 13.3. The predicted molar refractivity (Wildman–Crippen MR) is 86.9 cm³/mol. The summed E-state index contributed by atoms with van der Waals surface area (Å²) in [5.41, 5.74) is 4.21. The molecule has 3 nitrogen and oxygen atoms in total. The van der Waals surface area contributed by atoms with Crippen LogP contribution in [0.15, 0.2) is 46.6 Å². The van der Waals surface area contributed by atoms with Gasteiger partial charge >= 0.3 is 0 Å². The number of aryl methyl sites for hydroxylation is 2. The number of phenols is 1. The van der Waals surface area contributed by atoms with E-state index in [4.69, 9.17) is 0 Å². The van der Waals surface area contributed by atoms with Crippen molar-refractivity contribution in [3.8, 4) is 5.75 Å². The molecule has 0 aliphatic heterocycles. The van der Waals surface area contributed by atoms with E-state index in [1.54, 1.807) is 0 Å². The third-order valence-corrected chi connectivity index (χ3v) is 3.42. The van der Waals surface area contributed by atoms with Crippen LogP contribution >= 0.6 is 0 Å². The highest BCUT2D eigenvalue weighted by molar-refractivity contribution is 5.59. The molecule has 110 valence electrons. The second-order valence-corrected chi connectivity index (χ2v) is 6.42. The largest absolute Gasteiger partial charge is 0.505 e. The predicted octanol–water partition coefficient (Wildman–Crippen LogP) is 5.72. The SMILES string of the molecule is Cc1cc(N=Nc2ccccc2C)c(O)c(C(C)(C)C)c1. The first-order chi connectivity index (χ1) is 9.79. The molecule has 0 unspecified atom stereocenters. The van der Waals surface area contributed by atoms with Gasteiger partial charge in [-0.15, -0.1) is 5.11 Å². The van der Waals surface area contributed by atoms with Gasteiger partial charge in [0.25, 0.3) is 0 Å². The molecule has 0 aliphatic carbocycles. The fourth-order valence-corrected chi connectivity index (χ4v) is 2.19. The number of rotatable bonds is 2. The number of hydrogen-bond acceptors (Lipinski definition) is 3. The minimum Gasteiger partial charge on any atom is -0.505 e. The summed E-state index contributed by atoms with van der Waals surface area (Å²) in [5.74, 6) is 0.213. The lowest BCUT2D eigenvalue weighted by atomic mass is 9.85. The second kappa shape index (κ2) is 5.68. The highest BCUT2D eigenvalue weighted by atomic mass is 16.3. The lowest BCUT2D eigenvalue weighted by molar-refractivity contribution is 0.447. The summed E-state index contributed by atoms with van der Waals surface area (Å²) in [6, 6.07) is 11.7. The molecule has 2 aromatic carbocycles. The molecule has 3 heteroatoms. The van der Waals surface area contributed by atoms with E-state index in [0.29, 0.717) is 5.69 Å². The molecule has 0 saturated carbocycles. The Bertz CT molecular complexity index is 682. The number of aromatic hydroxyl groups is 1. The Balaban J connectivity index is 2.46. The summed E-state index contributed by atoms with van der Waals surface area (Å²) in [7, 11) is 0. The third-order valence-electron chi connectivity index (χ3n) is 3.42. The number of hydrogen-bond donors (Lipinski definition) is 1. The first kappa shape index (κ1) is 15.2. The van der Waals surface area contributed by atoms with E-state index in [2.05, 4.69) is 31.0 Å². The Labute approximate surface area is 126 Å². The molecule has 1 N–H and O–H groups in total. The van der Waals surface area contributed by atoms with Gasteiger partial charge in [-0.25, -0.2) is 0 Å². The molecular formula is C18H22N2O. The normalized spacial score (nSPS) is 12.0.